The minimum Gasteiger partial charge on any atom is -0.477 e. The molecule has 354 valence electrons. The van der Waals surface area contributed by atoms with Gasteiger partial charge in [0.25, 0.3) is 0 Å². The Morgan fingerprint density at radius 3 is 1.48 bits per heavy atom. The van der Waals surface area contributed by atoms with Crippen molar-refractivity contribution in [2.75, 3.05) is 13.1 Å². The third kappa shape index (κ3) is 15.0. The van der Waals surface area contributed by atoms with Crippen molar-refractivity contribution in [2.24, 2.45) is 16.2 Å². The van der Waals surface area contributed by atoms with Crippen LogP contribution < -0.4 is 10.6 Å². The molecule has 0 saturated heterocycles. The standard InChI is InChI=1S/C27H38N2O4.C27H32N2O4/c2*1-3-4-5-6-7-14-19-28-26(31)33-29-25(21-15-10-8-11-16-21)23-20-24(30)27(2,32-23)22-17-12-9-13-18-22/h8,10-11,15-16,20,22H,3-7,9,12-14,17-19H2,1-2H3,(H,28,31);8-13,15-18,20H,3-7,14,19H2,1-2H3,(H,28,31). The third-order valence-corrected chi connectivity index (χ3v) is 12.4. The van der Waals surface area contributed by atoms with Crippen molar-refractivity contribution in [3.05, 3.63) is 131 Å². The maximum absolute atomic E-state index is 13.0. The Bertz CT molecular complexity index is 2130. The Labute approximate surface area is 391 Å². The van der Waals surface area contributed by atoms with Crippen molar-refractivity contribution in [2.45, 2.75) is 148 Å². The number of hydrogen-bond acceptors (Lipinski definition) is 10. The molecule has 1 aliphatic carbocycles. The normalized spacial score (nSPS) is 19.7. The van der Waals surface area contributed by atoms with E-state index in [2.05, 4.69) is 34.8 Å². The second-order valence-electron chi connectivity index (χ2n) is 17.5. The molecule has 1 saturated carbocycles. The summed E-state index contributed by atoms with van der Waals surface area (Å²) in [4.78, 5) is 60.5. The van der Waals surface area contributed by atoms with E-state index in [1.807, 2.05) is 97.9 Å². The lowest BCUT2D eigenvalue weighted by Crippen LogP contribution is -2.42. The van der Waals surface area contributed by atoms with Crippen LogP contribution in [-0.2, 0) is 34.3 Å². The van der Waals surface area contributed by atoms with Gasteiger partial charge in [0, 0.05) is 47.8 Å². The van der Waals surface area contributed by atoms with Crippen LogP contribution in [0.5, 0.6) is 0 Å². The van der Waals surface area contributed by atoms with Crippen molar-refractivity contribution in [3.8, 4) is 0 Å². The minimum atomic E-state index is -1.16. The smallest absolute Gasteiger partial charge is 0.433 e. The molecule has 12 heteroatoms. The van der Waals surface area contributed by atoms with Gasteiger partial charge in [-0.05, 0) is 39.5 Å². The molecule has 2 heterocycles. The number of nitrogens with one attached hydrogen (secondary N) is 2. The highest BCUT2D eigenvalue weighted by Gasteiger charge is 2.48. The monoisotopic (exact) mass is 903 g/mol. The number of ether oxygens (including phenoxy) is 2. The number of hydrogen-bond donors (Lipinski definition) is 2. The lowest BCUT2D eigenvalue weighted by molar-refractivity contribution is -0.134. The Kier molecular flexibility index (Phi) is 20.7. The fraction of sp³-hybridized carbons (Fsp3) is 0.481. The zero-order chi connectivity index (χ0) is 47.0. The predicted octanol–water partition coefficient (Wildman–Crippen LogP) is 12.2. The molecule has 0 spiro atoms. The fourth-order valence-corrected chi connectivity index (χ4v) is 8.36. The van der Waals surface area contributed by atoms with Crippen LogP contribution in [0.1, 0.15) is 154 Å². The van der Waals surface area contributed by atoms with Gasteiger partial charge >= 0.3 is 12.2 Å². The Morgan fingerprint density at radius 2 is 1.00 bits per heavy atom. The van der Waals surface area contributed by atoms with E-state index in [0.717, 1.165) is 62.5 Å². The third-order valence-electron chi connectivity index (χ3n) is 12.4. The van der Waals surface area contributed by atoms with Gasteiger partial charge in [-0.25, -0.2) is 9.59 Å². The number of amides is 2. The SMILES string of the molecule is CCCCCCCCNC(=O)ON=C(C1=CC(=O)C(C)(C2CCCCC2)O1)c1ccccc1.CCCCCCCCNC(=O)ON=C(C1=CC(=O)C(C)(c2ccccc2)O1)c1ccccc1. The lowest BCUT2D eigenvalue weighted by atomic mass is 9.76. The molecule has 2 atom stereocenters. The van der Waals surface area contributed by atoms with Gasteiger partial charge in [-0.3, -0.25) is 19.3 Å². The Hall–Kier alpha value is -6.04. The molecule has 3 aromatic rings. The molecule has 0 radical (unpaired) electrons. The average molecular weight is 903 g/mol. The molecule has 1 fully saturated rings. The summed E-state index contributed by atoms with van der Waals surface area (Å²) in [5.41, 5.74) is 0.755. The zero-order valence-electron chi connectivity index (χ0n) is 39.5. The van der Waals surface area contributed by atoms with Crippen molar-refractivity contribution >= 4 is 35.2 Å². The highest BCUT2D eigenvalue weighted by Crippen LogP contribution is 2.41. The van der Waals surface area contributed by atoms with E-state index >= 15 is 0 Å². The minimum absolute atomic E-state index is 0.0412. The molecular formula is C54H70N4O8. The molecule has 0 bridgehead atoms. The van der Waals surface area contributed by atoms with Crippen LogP contribution >= 0.6 is 0 Å². The molecule has 6 rings (SSSR count). The van der Waals surface area contributed by atoms with E-state index in [1.165, 1.54) is 69.9 Å². The van der Waals surface area contributed by atoms with Gasteiger partial charge in [0.1, 0.15) is 0 Å². The second-order valence-corrected chi connectivity index (χ2v) is 17.5. The lowest BCUT2D eigenvalue weighted by Gasteiger charge is -2.35. The van der Waals surface area contributed by atoms with Crippen molar-refractivity contribution in [1.29, 1.82) is 0 Å². The number of ketones is 2. The van der Waals surface area contributed by atoms with E-state index in [-0.39, 0.29) is 23.2 Å². The fourth-order valence-electron chi connectivity index (χ4n) is 8.36. The van der Waals surface area contributed by atoms with Gasteiger partial charge < -0.3 is 20.1 Å². The largest absolute Gasteiger partial charge is 0.477 e. The van der Waals surface area contributed by atoms with Gasteiger partial charge in [-0.1, -0.05) is 199 Å². The van der Waals surface area contributed by atoms with Crippen LogP contribution in [0.3, 0.4) is 0 Å². The van der Waals surface area contributed by atoms with Crippen molar-refractivity contribution < 1.29 is 38.3 Å². The summed E-state index contributed by atoms with van der Waals surface area (Å²) in [6.45, 7) is 9.08. The van der Waals surface area contributed by atoms with Crippen LogP contribution in [0.4, 0.5) is 9.59 Å². The summed E-state index contributed by atoms with van der Waals surface area (Å²) < 4.78 is 12.4. The molecule has 0 aromatic heterocycles. The number of oxime groups is 2. The number of carbonyl (C=O) groups is 4. The molecule has 2 N–H and O–H groups in total. The van der Waals surface area contributed by atoms with Gasteiger partial charge in [-0.2, -0.15) is 0 Å². The van der Waals surface area contributed by atoms with E-state index in [4.69, 9.17) is 19.1 Å². The van der Waals surface area contributed by atoms with Crippen LogP contribution in [0.15, 0.2) is 125 Å². The highest BCUT2D eigenvalue weighted by molar-refractivity contribution is 6.17. The van der Waals surface area contributed by atoms with Crippen molar-refractivity contribution in [3.63, 3.8) is 0 Å². The van der Waals surface area contributed by atoms with E-state index in [0.29, 0.717) is 35.8 Å². The molecule has 2 aliphatic heterocycles. The molecule has 2 amide bonds. The average Bonchev–Trinajstić information content (AvgIpc) is 3.83. The topological polar surface area (TPSA) is 154 Å². The summed E-state index contributed by atoms with van der Waals surface area (Å²) in [5.74, 6) is 0.579. The maximum atomic E-state index is 13.0. The van der Waals surface area contributed by atoms with Gasteiger partial charge in [0.05, 0.1) is 0 Å². The number of rotatable bonds is 22. The molecular weight excluding hydrogens is 833 g/mol. The number of allylic oxidation sites excluding steroid dienone is 2. The summed E-state index contributed by atoms with van der Waals surface area (Å²) >= 11 is 0. The number of unbranched alkanes of at least 4 members (excludes halogenated alkanes) is 10. The second kappa shape index (κ2) is 26.8. The van der Waals surface area contributed by atoms with Crippen LogP contribution in [0.25, 0.3) is 0 Å². The van der Waals surface area contributed by atoms with E-state index in [9.17, 15) is 19.2 Å². The molecule has 12 nitrogen and oxygen atoms in total. The maximum Gasteiger partial charge on any atom is 0.433 e. The summed E-state index contributed by atoms with van der Waals surface area (Å²) in [5, 5.41) is 13.7. The zero-order valence-corrected chi connectivity index (χ0v) is 39.5. The quantitative estimate of drug-likeness (QED) is 0.0437. The predicted molar refractivity (Wildman–Crippen MR) is 259 cm³/mol. The van der Waals surface area contributed by atoms with Crippen LogP contribution in [-0.4, -0.2) is 53.9 Å². The van der Waals surface area contributed by atoms with Crippen molar-refractivity contribution in [1.82, 2.24) is 10.6 Å². The molecule has 66 heavy (non-hydrogen) atoms. The first-order valence-electron chi connectivity index (χ1n) is 24.2. The summed E-state index contributed by atoms with van der Waals surface area (Å²) in [7, 11) is 0. The highest BCUT2D eigenvalue weighted by atomic mass is 16.7. The number of nitrogens with zero attached hydrogens (tertiary/aromatic N) is 2. The number of benzene rings is 3. The molecule has 3 aromatic carbocycles. The van der Waals surface area contributed by atoms with E-state index < -0.39 is 23.4 Å². The van der Waals surface area contributed by atoms with Crippen LogP contribution in [0.2, 0.25) is 0 Å². The van der Waals surface area contributed by atoms with Gasteiger partial charge in [-0.15, -0.1) is 0 Å². The summed E-state index contributed by atoms with van der Waals surface area (Å²) in [6, 6.07) is 27.9. The molecule has 3 aliphatic rings. The number of carbonyl (C=O) groups excluding carboxylic acids is 4. The summed E-state index contributed by atoms with van der Waals surface area (Å²) in [6.07, 6.45) is 20.8. The first-order valence-corrected chi connectivity index (χ1v) is 24.2. The molecule has 2 unspecified atom stereocenters. The van der Waals surface area contributed by atoms with Gasteiger partial charge in [0.2, 0.25) is 11.6 Å². The van der Waals surface area contributed by atoms with Crippen LogP contribution in [0, 0.1) is 5.92 Å². The Morgan fingerprint density at radius 1 is 0.576 bits per heavy atom. The van der Waals surface area contributed by atoms with Gasteiger partial charge in [0.15, 0.2) is 34.1 Å². The first kappa shape index (κ1) is 51.0. The first-order chi connectivity index (χ1) is 32.1. The Balaban J connectivity index is 0.000000247. The van der Waals surface area contributed by atoms with E-state index in [1.54, 1.807) is 6.92 Å².